The molecule has 214 valence electrons. The standard InChI is InChI=1S/C31H31F5O4/c1-3-5-16-39-26-14-12-21(27(33)30(26)36)18-6-8-19(9-7-18)31(37)40-20-10-11-22(24(32)17-20)23-13-15-25(38-4-2)29(35)28(23)34/h10-15,17-19H,3-9,16H2,1-2H3. The predicted molar refractivity (Wildman–Crippen MR) is 140 cm³/mol. The summed E-state index contributed by atoms with van der Waals surface area (Å²) in [4.78, 5) is 12.7. The molecule has 4 rings (SSSR count). The zero-order valence-corrected chi connectivity index (χ0v) is 22.4. The molecule has 0 unspecified atom stereocenters. The average Bonchev–Trinajstić information content (AvgIpc) is 2.95. The number of unbranched alkanes of at least 4 members (excludes halogenated alkanes) is 1. The van der Waals surface area contributed by atoms with Crippen LogP contribution in [0.4, 0.5) is 22.0 Å². The van der Waals surface area contributed by atoms with Gasteiger partial charge in [0.05, 0.1) is 19.1 Å². The Bertz CT molecular complexity index is 1350. The first-order valence-electron chi connectivity index (χ1n) is 13.5. The van der Waals surface area contributed by atoms with E-state index in [4.69, 9.17) is 14.2 Å². The highest BCUT2D eigenvalue weighted by atomic mass is 19.2. The average molecular weight is 563 g/mol. The Hall–Kier alpha value is -3.62. The van der Waals surface area contributed by atoms with Gasteiger partial charge >= 0.3 is 5.97 Å². The fourth-order valence-electron chi connectivity index (χ4n) is 4.92. The van der Waals surface area contributed by atoms with Gasteiger partial charge in [-0.05, 0) is 80.8 Å². The summed E-state index contributed by atoms with van der Waals surface area (Å²) in [5.41, 5.74) is -0.238. The molecule has 0 aromatic heterocycles. The molecule has 0 heterocycles. The summed E-state index contributed by atoms with van der Waals surface area (Å²) in [7, 11) is 0. The van der Waals surface area contributed by atoms with Crippen molar-refractivity contribution in [1.29, 1.82) is 0 Å². The van der Waals surface area contributed by atoms with E-state index in [9.17, 15) is 26.7 Å². The van der Waals surface area contributed by atoms with Crippen LogP contribution in [0, 0.1) is 35.0 Å². The maximum absolute atomic E-state index is 14.8. The molecule has 1 fully saturated rings. The molecule has 0 N–H and O–H groups in total. The molecule has 0 spiro atoms. The third-order valence-corrected chi connectivity index (χ3v) is 7.13. The number of carbonyl (C=O) groups is 1. The maximum atomic E-state index is 14.8. The number of halogens is 5. The van der Waals surface area contributed by atoms with Crippen molar-refractivity contribution in [2.45, 2.75) is 58.3 Å². The second-order valence-corrected chi connectivity index (χ2v) is 9.77. The fraction of sp³-hybridized carbons (Fsp3) is 0.387. The van der Waals surface area contributed by atoms with Crippen molar-refractivity contribution in [3.63, 3.8) is 0 Å². The minimum absolute atomic E-state index is 0.0769. The molecule has 1 aliphatic rings. The van der Waals surface area contributed by atoms with Crippen LogP contribution >= 0.6 is 0 Å². The molecular formula is C31H31F5O4. The highest BCUT2D eigenvalue weighted by Crippen LogP contribution is 2.39. The summed E-state index contributed by atoms with van der Waals surface area (Å²) in [6.45, 7) is 4.05. The number of esters is 1. The minimum Gasteiger partial charge on any atom is -0.491 e. The first-order chi connectivity index (χ1) is 19.2. The Balaban J connectivity index is 1.37. The smallest absolute Gasteiger partial charge is 0.314 e. The molecule has 0 aliphatic heterocycles. The predicted octanol–water partition coefficient (Wildman–Crippen LogP) is 8.51. The van der Waals surface area contributed by atoms with Crippen LogP contribution in [-0.4, -0.2) is 19.2 Å². The van der Waals surface area contributed by atoms with Crippen LogP contribution in [0.15, 0.2) is 42.5 Å². The van der Waals surface area contributed by atoms with Crippen LogP contribution in [0.5, 0.6) is 17.2 Å². The Labute approximate surface area is 230 Å². The molecule has 0 amide bonds. The van der Waals surface area contributed by atoms with Gasteiger partial charge in [-0.3, -0.25) is 4.79 Å². The lowest BCUT2D eigenvalue weighted by Crippen LogP contribution is -2.25. The zero-order chi connectivity index (χ0) is 28.8. The van der Waals surface area contributed by atoms with Gasteiger partial charge in [0, 0.05) is 17.2 Å². The lowest BCUT2D eigenvalue weighted by atomic mass is 9.78. The van der Waals surface area contributed by atoms with Crippen LogP contribution in [0.2, 0.25) is 0 Å². The monoisotopic (exact) mass is 562 g/mol. The van der Waals surface area contributed by atoms with Gasteiger partial charge in [-0.1, -0.05) is 19.4 Å². The van der Waals surface area contributed by atoms with Gasteiger partial charge in [0.1, 0.15) is 11.6 Å². The van der Waals surface area contributed by atoms with Crippen molar-refractivity contribution in [3.05, 3.63) is 77.1 Å². The normalized spacial score (nSPS) is 17.0. The molecule has 9 heteroatoms. The molecule has 40 heavy (non-hydrogen) atoms. The van der Waals surface area contributed by atoms with Gasteiger partial charge in [0.2, 0.25) is 11.6 Å². The second kappa shape index (κ2) is 13.2. The van der Waals surface area contributed by atoms with E-state index in [0.717, 1.165) is 18.9 Å². The van der Waals surface area contributed by atoms with E-state index in [2.05, 4.69) is 0 Å². The first kappa shape index (κ1) is 29.4. The Kier molecular flexibility index (Phi) is 9.66. The number of benzene rings is 3. The molecule has 3 aromatic carbocycles. The number of ether oxygens (including phenoxy) is 3. The van der Waals surface area contributed by atoms with Crippen LogP contribution < -0.4 is 14.2 Å². The topological polar surface area (TPSA) is 44.8 Å². The third-order valence-electron chi connectivity index (χ3n) is 7.13. The van der Waals surface area contributed by atoms with Crippen molar-refractivity contribution in [1.82, 2.24) is 0 Å². The third kappa shape index (κ3) is 6.40. The van der Waals surface area contributed by atoms with Gasteiger partial charge in [0.15, 0.2) is 23.1 Å². The Morgan fingerprint density at radius 2 is 1.43 bits per heavy atom. The molecular weight excluding hydrogens is 531 g/mol. The Morgan fingerprint density at radius 1 is 0.775 bits per heavy atom. The van der Waals surface area contributed by atoms with E-state index in [1.165, 1.54) is 36.4 Å². The number of carbonyl (C=O) groups excluding carboxylic acids is 1. The summed E-state index contributed by atoms with van der Waals surface area (Å²) >= 11 is 0. The zero-order valence-electron chi connectivity index (χ0n) is 22.4. The largest absolute Gasteiger partial charge is 0.491 e. The van der Waals surface area contributed by atoms with Crippen molar-refractivity contribution in [3.8, 4) is 28.4 Å². The van der Waals surface area contributed by atoms with Crippen LogP contribution in [0.1, 0.15) is 63.9 Å². The first-order valence-corrected chi connectivity index (χ1v) is 13.5. The van der Waals surface area contributed by atoms with Gasteiger partial charge in [-0.15, -0.1) is 0 Å². The molecule has 0 atom stereocenters. The summed E-state index contributed by atoms with van der Waals surface area (Å²) in [5.74, 6) is -7.09. The number of hydrogen-bond acceptors (Lipinski definition) is 4. The van der Waals surface area contributed by atoms with Crippen molar-refractivity contribution >= 4 is 5.97 Å². The van der Waals surface area contributed by atoms with Crippen molar-refractivity contribution in [2.75, 3.05) is 13.2 Å². The van der Waals surface area contributed by atoms with E-state index in [1.54, 1.807) is 6.92 Å². The van der Waals surface area contributed by atoms with Crippen molar-refractivity contribution < 1.29 is 41.0 Å². The van der Waals surface area contributed by atoms with Crippen LogP contribution in [-0.2, 0) is 4.79 Å². The molecule has 3 aromatic rings. The van der Waals surface area contributed by atoms with E-state index >= 15 is 0 Å². The number of hydrogen-bond donors (Lipinski definition) is 0. The SMILES string of the molecule is CCCCOc1ccc(C2CCC(C(=O)Oc3ccc(-c4ccc(OCC)c(F)c4F)c(F)c3)CC2)c(F)c1F. The summed E-state index contributed by atoms with van der Waals surface area (Å²) in [5, 5.41) is 0. The molecule has 0 saturated heterocycles. The highest BCUT2D eigenvalue weighted by Gasteiger charge is 2.31. The molecule has 1 aliphatic carbocycles. The fourth-order valence-corrected chi connectivity index (χ4v) is 4.92. The maximum Gasteiger partial charge on any atom is 0.314 e. The van der Waals surface area contributed by atoms with Gasteiger partial charge in [-0.25, -0.2) is 13.2 Å². The van der Waals surface area contributed by atoms with Crippen LogP contribution in [0.25, 0.3) is 11.1 Å². The highest BCUT2D eigenvalue weighted by molar-refractivity contribution is 5.76. The van der Waals surface area contributed by atoms with Gasteiger partial charge < -0.3 is 14.2 Å². The minimum atomic E-state index is -1.25. The summed E-state index contributed by atoms with van der Waals surface area (Å²) in [6.07, 6.45) is 3.28. The second-order valence-electron chi connectivity index (χ2n) is 9.77. The molecule has 0 radical (unpaired) electrons. The molecule has 0 bridgehead atoms. The summed E-state index contributed by atoms with van der Waals surface area (Å²) < 4.78 is 88.6. The van der Waals surface area contributed by atoms with Crippen molar-refractivity contribution in [2.24, 2.45) is 5.92 Å². The number of rotatable bonds is 10. The van der Waals surface area contributed by atoms with Crippen LogP contribution in [0.3, 0.4) is 0 Å². The van der Waals surface area contributed by atoms with Gasteiger partial charge in [0.25, 0.3) is 0 Å². The van der Waals surface area contributed by atoms with Gasteiger partial charge in [-0.2, -0.15) is 8.78 Å². The Morgan fingerprint density at radius 3 is 2.10 bits per heavy atom. The lowest BCUT2D eigenvalue weighted by Gasteiger charge is -2.28. The van der Waals surface area contributed by atoms with E-state index < -0.39 is 41.0 Å². The quantitative estimate of drug-likeness (QED) is 0.108. The molecule has 1 saturated carbocycles. The van der Waals surface area contributed by atoms with E-state index in [1.807, 2.05) is 6.92 Å². The molecule has 4 nitrogen and oxygen atoms in total. The lowest BCUT2D eigenvalue weighted by molar-refractivity contribution is -0.140. The van der Waals surface area contributed by atoms with E-state index in [-0.39, 0.29) is 46.5 Å². The summed E-state index contributed by atoms with van der Waals surface area (Å²) in [6, 6.07) is 8.86. The van der Waals surface area contributed by atoms with E-state index in [0.29, 0.717) is 32.3 Å².